The summed E-state index contributed by atoms with van der Waals surface area (Å²) in [6, 6.07) is 7.93. The average molecular weight is 326 g/mol. The Labute approximate surface area is 119 Å². The molecule has 0 spiro atoms. The molecule has 21 heavy (non-hydrogen) atoms. The van der Waals surface area contributed by atoms with Crippen LogP contribution < -0.4 is 10.5 Å². The van der Waals surface area contributed by atoms with E-state index in [9.17, 15) is 26.4 Å². The third-order valence-electron chi connectivity index (χ3n) is 2.37. The summed E-state index contributed by atoms with van der Waals surface area (Å²) in [5.74, 6) is -2.11. The van der Waals surface area contributed by atoms with E-state index in [0.717, 1.165) is 0 Å². The highest BCUT2D eigenvalue weighted by atomic mass is 32.2. The van der Waals surface area contributed by atoms with Crippen molar-refractivity contribution in [1.82, 2.24) is 5.32 Å². The van der Waals surface area contributed by atoms with Crippen molar-refractivity contribution in [1.29, 1.82) is 0 Å². The smallest absolute Gasteiger partial charge is 0.348 e. The van der Waals surface area contributed by atoms with Crippen molar-refractivity contribution in [3.8, 4) is 0 Å². The molecular formula is C11H13F3N2O4S. The average Bonchev–Trinajstić information content (AvgIpc) is 2.36. The highest BCUT2D eigenvalue weighted by molar-refractivity contribution is 7.84. The summed E-state index contributed by atoms with van der Waals surface area (Å²) >= 11 is 0. The molecule has 1 amide bonds. The maximum Gasteiger partial charge on any atom is 0.471 e. The Hall–Kier alpha value is -1.65. The van der Waals surface area contributed by atoms with E-state index in [1.807, 2.05) is 0 Å². The number of carbonyl (C=O) groups excluding carboxylic acids is 1. The fraction of sp³-hybridized carbons (Fsp3) is 0.364. The highest BCUT2D eigenvalue weighted by Gasteiger charge is 2.38. The number of rotatable bonds is 6. The molecule has 0 radical (unpaired) electrons. The van der Waals surface area contributed by atoms with Crippen molar-refractivity contribution in [2.24, 2.45) is 5.14 Å². The van der Waals surface area contributed by atoms with Gasteiger partial charge in [-0.05, 0) is 12.0 Å². The van der Waals surface area contributed by atoms with Crippen LogP contribution in [0.3, 0.4) is 0 Å². The van der Waals surface area contributed by atoms with Crippen LogP contribution in [-0.2, 0) is 19.3 Å². The number of alkyl halides is 3. The third-order valence-corrected chi connectivity index (χ3v) is 2.87. The summed E-state index contributed by atoms with van der Waals surface area (Å²) in [5, 5.41) is 6.39. The predicted octanol–water partition coefficient (Wildman–Crippen LogP) is 1.02. The molecule has 118 valence electrons. The maximum atomic E-state index is 12.0. The van der Waals surface area contributed by atoms with Crippen molar-refractivity contribution in [3.63, 3.8) is 0 Å². The first-order chi connectivity index (χ1) is 9.59. The summed E-state index contributed by atoms with van der Waals surface area (Å²) < 4.78 is 62.6. The van der Waals surface area contributed by atoms with Crippen molar-refractivity contribution < 1.29 is 30.6 Å². The van der Waals surface area contributed by atoms with Gasteiger partial charge < -0.3 is 5.32 Å². The quantitative estimate of drug-likeness (QED) is 0.815. The summed E-state index contributed by atoms with van der Waals surface area (Å²) in [7, 11) is -4.29. The second-order valence-corrected chi connectivity index (χ2v) is 5.21. The summed E-state index contributed by atoms with van der Waals surface area (Å²) in [6.45, 7) is -0.423. The SMILES string of the molecule is NS(=O)(=O)OC(CCNC(=O)C(F)(F)F)c1ccccc1. The van der Waals surface area contributed by atoms with Gasteiger partial charge in [0.1, 0.15) is 6.10 Å². The largest absolute Gasteiger partial charge is 0.471 e. The van der Waals surface area contributed by atoms with Crippen LogP contribution in [-0.4, -0.2) is 27.0 Å². The number of halogens is 3. The Kier molecular flexibility index (Phi) is 5.70. The predicted molar refractivity (Wildman–Crippen MR) is 67.1 cm³/mol. The van der Waals surface area contributed by atoms with Gasteiger partial charge in [0.25, 0.3) is 0 Å². The molecule has 0 saturated carbocycles. The summed E-state index contributed by atoms with van der Waals surface area (Å²) in [5.41, 5.74) is 0.410. The fourth-order valence-electron chi connectivity index (χ4n) is 1.52. The molecule has 1 aromatic carbocycles. The first kappa shape index (κ1) is 17.4. The van der Waals surface area contributed by atoms with Crippen LogP contribution in [0.4, 0.5) is 13.2 Å². The van der Waals surface area contributed by atoms with E-state index in [4.69, 9.17) is 5.14 Å². The van der Waals surface area contributed by atoms with Gasteiger partial charge >= 0.3 is 22.4 Å². The number of hydrogen-bond donors (Lipinski definition) is 2. The maximum absolute atomic E-state index is 12.0. The molecule has 0 aromatic heterocycles. The number of benzene rings is 1. The molecule has 1 unspecified atom stereocenters. The Morgan fingerprint density at radius 2 is 1.86 bits per heavy atom. The molecule has 0 saturated heterocycles. The first-order valence-electron chi connectivity index (χ1n) is 5.70. The van der Waals surface area contributed by atoms with E-state index in [-0.39, 0.29) is 6.42 Å². The van der Waals surface area contributed by atoms with E-state index >= 15 is 0 Å². The van der Waals surface area contributed by atoms with E-state index < -0.39 is 35.0 Å². The molecule has 0 bridgehead atoms. The molecule has 0 aliphatic rings. The molecule has 10 heteroatoms. The topological polar surface area (TPSA) is 98.5 Å². The van der Waals surface area contributed by atoms with Gasteiger partial charge in [0.15, 0.2) is 0 Å². The van der Waals surface area contributed by atoms with E-state index in [1.54, 1.807) is 23.5 Å². The number of carbonyl (C=O) groups is 1. The van der Waals surface area contributed by atoms with Crippen LogP contribution in [0.25, 0.3) is 0 Å². The molecule has 3 N–H and O–H groups in total. The van der Waals surface area contributed by atoms with Crippen LogP contribution >= 0.6 is 0 Å². The van der Waals surface area contributed by atoms with Crippen LogP contribution in [0.1, 0.15) is 18.1 Å². The van der Waals surface area contributed by atoms with Gasteiger partial charge in [-0.3, -0.25) is 4.79 Å². The van der Waals surface area contributed by atoms with Gasteiger partial charge in [0.2, 0.25) is 0 Å². The Morgan fingerprint density at radius 3 is 2.33 bits per heavy atom. The van der Waals surface area contributed by atoms with Gasteiger partial charge in [-0.15, -0.1) is 0 Å². The van der Waals surface area contributed by atoms with Crippen molar-refractivity contribution >= 4 is 16.2 Å². The second-order valence-electron chi connectivity index (χ2n) is 4.03. The zero-order valence-electron chi connectivity index (χ0n) is 10.6. The number of nitrogens with one attached hydrogen (secondary N) is 1. The van der Waals surface area contributed by atoms with Crippen molar-refractivity contribution in [3.05, 3.63) is 35.9 Å². The zero-order chi connectivity index (χ0) is 16.1. The molecule has 0 heterocycles. The Morgan fingerprint density at radius 1 is 1.29 bits per heavy atom. The lowest BCUT2D eigenvalue weighted by Crippen LogP contribution is -2.37. The standard InChI is InChI=1S/C11H13F3N2O4S/c12-11(13,14)10(17)16-7-6-9(20-21(15,18)19)8-4-2-1-3-5-8/h1-5,9H,6-7H2,(H,16,17)(H2,15,18,19). The van der Waals surface area contributed by atoms with Gasteiger partial charge in [0.05, 0.1) is 0 Å². The minimum atomic E-state index is -5.00. The molecular weight excluding hydrogens is 313 g/mol. The van der Waals surface area contributed by atoms with Crippen LogP contribution in [0.15, 0.2) is 30.3 Å². The molecule has 1 atom stereocenters. The van der Waals surface area contributed by atoms with Gasteiger partial charge in [-0.25, -0.2) is 9.32 Å². The minimum absolute atomic E-state index is 0.192. The third kappa shape index (κ3) is 6.56. The second kappa shape index (κ2) is 6.87. The van der Waals surface area contributed by atoms with E-state index in [1.165, 1.54) is 12.1 Å². The molecule has 1 aromatic rings. The van der Waals surface area contributed by atoms with Gasteiger partial charge in [-0.2, -0.15) is 21.6 Å². The first-order valence-corrected chi connectivity index (χ1v) is 7.18. The van der Waals surface area contributed by atoms with Crippen molar-refractivity contribution in [2.45, 2.75) is 18.7 Å². The van der Waals surface area contributed by atoms with Crippen LogP contribution in [0.2, 0.25) is 0 Å². The lowest BCUT2D eigenvalue weighted by molar-refractivity contribution is -0.173. The zero-order valence-corrected chi connectivity index (χ0v) is 11.4. The van der Waals surface area contributed by atoms with E-state index in [0.29, 0.717) is 5.56 Å². The Balaban J connectivity index is 2.69. The monoisotopic (exact) mass is 326 g/mol. The summed E-state index contributed by atoms with van der Waals surface area (Å²) in [6.07, 6.45) is -6.28. The van der Waals surface area contributed by atoms with Crippen molar-refractivity contribution in [2.75, 3.05) is 6.54 Å². The summed E-state index contributed by atoms with van der Waals surface area (Å²) in [4.78, 5) is 10.6. The highest BCUT2D eigenvalue weighted by Crippen LogP contribution is 2.22. The van der Waals surface area contributed by atoms with Gasteiger partial charge in [-0.1, -0.05) is 30.3 Å². The molecule has 1 rings (SSSR count). The Bertz CT molecular complexity index is 575. The lowest BCUT2D eigenvalue weighted by atomic mass is 10.1. The minimum Gasteiger partial charge on any atom is -0.348 e. The van der Waals surface area contributed by atoms with Crippen LogP contribution in [0.5, 0.6) is 0 Å². The molecule has 0 fully saturated rings. The number of amides is 1. The van der Waals surface area contributed by atoms with Gasteiger partial charge in [0, 0.05) is 6.54 Å². The van der Waals surface area contributed by atoms with E-state index in [2.05, 4.69) is 4.18 Å². The van der Waals surface area contributed by atoms with Crippen LogP contribution in [0, 0.1) is 0 Å². The fourth-order valence-corrected chi connectivity index (χ4v) is 2.05. The normalized spacial score (nSPS) is 13.7. The molecule has 6 nitrogen and oxygen atoms in total. The number of nitrogens with two attached hydrogens (primary N) is 1. The number of hydrogen-bond acceptors (Lipinski definition) is 4. The molecule has 0 aliphatic carbocycles. The lowest BCUT2D eigenvalue weighted by Gasteiger charge is -2.17. The molecule has 0 aliphatic heterocycles.